The van der Waals surface area contributed by atoms with E-state index in [1.165, 1.54) is 35.2 Å². The summed E-state index contributed by atoms with van der Waals surface area (Å²) < 4.78 is 0. The van der Waals surface area contributed by atoms with Crippen molar-refractivity contribution in [3.05, 3.63) is 64.0 Å². The molecule has 0 bridgehead atoms. The van der Waals surface area contributed by atoms with Gasteiger partial charge in [-0.3, -0.25) is 19.7 Å². The van der Waals surface area contributed by atoms with Crippen LogP contribution in [0.4, 0.5) is 16.5 Å². The summed E-state index contributed by atoms with van der Waals surface area (Å²) in [6.45, 7) is 3.88. The van der Waals surface area contributed by atoms with E-state index in [0.717, 1.165) is 11.3 Å². The van der Waals surface area contributed by atoms with Gasteiger partial charge in [-0.25, -0.2) is 4.98 Å². The number of anilines is 2. The number of nitro groups is 1. The van der Waals surface area contributed by atoms with Crippen LogP contribution < -0.4 is 10.6 Å². The zero-order valence-electron chi connectivity index (χ0n) is 18.2. The predicted molar refractivity (Wildman–Crippen MR) is 133 cm³/mol. The third-order valence-electron chi connectivity index (χ3n) is 4.62. The molecule has 1 unspecified atom stereocenters. The summed E-state index contributed by atoms with van der Waals surface area (Å²) in [5.74, 6) is -0.212. The number of hydrogen-bond acceptors (Lipinski definition) is 7. The molecule has 3 aromatic rings. The number of nitrogens with one attached hydrogen (secondary N) is 2. The summed E-state index contributed by atoms with van der Waals surface area (Å²) in [6.07, 6.45) is 1.84. The van der Waals surface area contributed by atoms with Crippen molar-refractivity contribution in [2.45, 2.75) is 43.3 Å². The normalized spacial score (nSPS) is 11.6. The molecule has 0 aliphatic rings. The molecule has 10 heteroatoms. The monoisotopic (exact) mass is 484 g/mol. The Morgan fingerprint density at radius 3 is 2.67 bits per heavy atom. The van der Waals surface area contributed by atoms with E-state index in [9.17, 15) is 19.7 Å². The lowest BCUT2D eigenvalue weighted by atomic mass is 10.1. The van der Waals surface area contributed by atoms with Crippen LogP contribution in [0.5, 0.6) is 0 Å². The highest BCUT2D eigenvalue weighted by Crippen LogP contribution is 2.31. The fraction of sp³-hybridized carbons (Fsp3) is 0.261. The molecule has 8 nitrogen and oxygen atoms in total. The van der Waals surface area contributed by atoms with Crippen molar-refractivity contribution in [2.24, 2.45) is 0 Å². The summed E-state index contributed by atoms with van der Waals surface area (Å²) in [5, 5.41) is 18.6. The summed E-state index contributed by atoms with van der Waals surface area (Å²) in [5.41, 5.74) is 1.87. The van der Waals surface area contributed by atoms with Gasteiger partial charge in [0.1, 0.15) is 0 Å². The largest absolute Gasteiger partial charge is 0.326 e. The second-order valence-electron chi connectivity index (χ2n) is 7.18. The number of carbonyl (C=O) groups is 2. The summed E-state index contributed by atoms with van der Waals surface area (Å²) >= 11 is 2.68. The van der Waals surface area contributed by atoms with Crippen LogP contribution in [0.1, 0.15) is 33.1 Å². The molecular formula is C23H24N4O4S2. The maximum atomic E-state index is 12.9. The molecule has 1 aromatic heterocycles. The fourth-order valence-corrected chi connectivity index (χ4v) is 4.75. The van der Waals surface area contributed by atoms with E-state index in [-0.39, 0.29) is 22.8 Å². The number of benzene rings is 2. The molecule has 1 heterocycles. The summed E-state index contributed by atoms with van der Waals surface area (Å²) in [6, 6.07) is 13.7. The van der Waals surface area contributed by atoms with E-state index in [4.69, 9.17) is 0 Å². The highest BCUT2D eigenvalue weighted by Gasteiger charge is 2.20. The van der Waals surface area contributed by atoms with Crippen LogP contribution in [-0.2, 0) is 9.59 Å². The van der Waals surface area contributed by atoms with Crippen LogP contribution in [0.15, 0.2) is 58.8 Å². The van der Waals surface area contributed by atoms with Crippen LogP contribution in [0.3, 0.4) is 0 Å². The van der Waals surface area contributed by atoms with Crippen LogP contribution in [0.25, 0.3) is 11.3 Å². The molecule has 0 radical (unpaired) electrons. The molecule has 0 saturated heterocycles. The molecule has 3 rings (SSSR count). The number of hydrogen-bond donors (Lipinski definition) is 2. The molecule has 0 aliphatic carbocycles. The Balaban J connectivity index is 1.66. The first-order valence-electron chi connectivity index (χ1n) is 10.5. The summed E-state index contributed by atoms with van der Waals surface area (Å²) in [7, 11) is 0. The third-order valence-corrected chi connectivity index (χ3v) is 6.74. The standard InChI is InChI=1S/C23H24N4O4S2/c1-3-7-21(28)24-16-9-6-11-18(13-16)33-20(4-2)22(29)26-23-25-19(14-32-23)15-8-5-10-17(12-15)27(30)31/h5-6,8-14,20H,3-4,7H2,1-2H3,(H,24,28)(H,25,26,29). The summed E-state index contributed by atoms with van der Waals surface area (Å²) in [4.78, 5) is 40.6. The van der Waals surface area contributed by atoms with Crippen molar-refractivity contribution in [1.29, 1.82) is 0 Å². The van der Waals surface area contributed by atoms with E-state index >= 15 is 0 Å². The number of aromatic nitrogens is 1. The Bertz CT molecular complexity index is 1150. The predicted octanol–water partition coefficient (Wildman–Crippen LogP) is 5.97. The number of thioether (sulfide) groups is 1. The van der Waals surface area contributed by atoms with Gasteiger partial charge in [-0.2, -0.15) is 0 Å². The first kappa shape index (κ1) is 24.4. The van der Waals surface area contributed by atoms with Crippen LogP contribution in [0, 0.1) is 10.1 Å². The van der Waals surface area contributed by atoms with Gasteiger partial charge >= 0.3 is 0 Å². The fourth-order valence-electron chi connectivity index (χ4n) is 3.01. The third kappa shape index (κ3) is 6.87. The molecule has 2 N–H and O–H groups in total. The van der Waals surface area contributed by atoms with Crippen molar-refractivity contribution in [3.63, 3.8) is 0 Å². The Morgan fingerprint density at radius 2 is 1.94 bits per heavy atom. The number of non-ortho nitro benzene ring substituents is 1. The lowest BCUT2D eigenvalue weighted by molar-refractivity contribution is -0.384. The second kappa shape index (κ2) is 11.6. The molecule has 0 aliphatic heterocycles. The zero-order chi connectivity index (χ0) is 23.8. The van der Waals surface area contributed by atoms with Crippen molar-refractivity contribution < 1.29 is 14.5 Å². The van der Waals surface area contributed by atoms with E-state index < -0.39 is 4.92 Å². The Hall–Kier alpha value is -3.24. The number of nitrogens with zero attached hydrogens (tertiary/aromatic N) is 2. The maximum absolute atomic E-state index is 12.9. The minimum Gasteiger partial charge on any atom is -0.326 e. The SMILES string of the molecule is CCCC(=O)Nc1cccc(SC(CC)C(=O)Nc2nc(-c3cccc([N+](=O)[O-])c3)cs2)c1. The van der Waals surface area contributed by atoms with Gasteiger partial charge in [-0.05, 0) is 31.0 Å². The molecule has 2 aromatic carbocycles. The molecule has 1 atom stereocenters. The van der Waals surface area contributed by atoms with Gasteiger partial charge in [0.25, 0.3) is 5.69 Å². The second-order valence-corrected chi connectivity index (χ2v) is 9.31. The van der Waals surface area contributed by atoms with Gasteiger partial charge < -0.3 is 10.6 Å². The van der Waals surface area contributed by atoms with Crippen LogP contribution in [-0.4, -0.2) is 27.0 Å². The molecule has 172 valence electrons. The first-order valence-corrected chi connectivity index (χ1v) is 12.2. The van der Waals surface area contributed by atoms with E-state index in [2.05, 4.69) is 15.6 Å². The van der Waals surface area contributed by atoms with Gasteiger partial charge in [0.15, 0.2) is 5.13 Å². The van der Waals surface area contributed by atoms with Gasteiger partial charge in [0, 0.05) is 40.1 Å². The van der Waals surface area contributed by atoms with Gasteiger partial charge in [-0.1, -0.05) is 32.0 Å². The topological polar surface area (TPSA) is 114 Å². The maximum Gasteiger partial charge on any atom is 0.270 e. The van der Waals surface area contributed by atoms with Gasteiger partial charge in [-0.15, -0.1) is 23.1 Å². The highest BCUT2D eigenvalue weighted by atomic mass is 32.2. The smallest absolute Gasteiger partial charge is 0.270 e. The van der Waals surface area contributed by atoms with Crippen molar-refractivity contribution in [3.8, 4) is 11.3 Å². The Labute approximate surface area is 200 Å². The lowest BCUT2D eigenvalue weighted by Crippen LogP contribution is -2.24. The average molecular weight is 485 g/mol. The van der Waals surface area contributed by atoms with E-state index in [1.54, 1.807) is 17.5 Å². The Morgan fingerprint density at radius 1 is 1.15 bits per heavy atom. The Kier molecular flexibility index (Phi) is 8.56. The number of carbonyl (C=O) groups excluding carboxylic acids is 2. The number of amides is 2. The number of rotatable bonds is 10. The minimum absolute atomic E-state index is 0.0124. The highest BCUT2D eigenvalue weighted by molar-refractivity contribution is 8.00. The van der Waals surface area contributed by atoms with Gasteiger partial charge in [0.2, 0.25) is 11.8 Å². The number of thiazole rings is 1. The van der Waals surface area contributed by atoms with Crippen molar-refractivity contribution in [2.75, 3.05) is 10.6 Å². The van der Waals surface area contributed by atoms with E-state index in [0.29, 0.717) is 34.9 Å². The average Bonchev–Trinajstić information content (AvgIpc) is 3.26. The first-order chi connectivity index (χ1) is 15.9. The van der Waals surface area contributed by atoms with E-state index in [1.807, 2.05) is 38.1 Å². The molecular weight excluding hydrogens is 460 g/mol. The molecule has 0 fully saturated rings. The molecule has 0 spiro atoms. The number of nitro benzene ring substituents is 1. The molecule has 33 heavy (non-hydrogen) atoms. The van der Waals surface area contributed by atoms with Crippen LogP contribution in [0.2, 0.25) is 0 Å². The molecule has 2 amide bonds. The quantitative estimate of drug-likeness (QED) is 0.208. The van der Waals surface area contributed by atoms with Crippen molar-refractivity contribution >= 4 is 51.4 Å². The van der Waals surface area contributed by atoms with Gasteiger partial charge in [0.05, 0.1) is 15.9 Å². The van der Waals surface area contributed by atoms with Crippen LogP contribution >= 0.6 is 23.1 Å². The minimum atomic E-state index is -0.453. The zero-order valence-corrected chi connectivity index (χ0v) is 19.9. The lowest BCUT2D eigenvalue weighted by Gasteiger charge is -2.14. The van der Waals surface area contributed by atoms with Crippen molar-refractivity contribution in [1.82, 2.24) is 4.98 Å². The molecule has 0 saturated carbocycles.